The molecule has 0 aromatic heterocycles. The molecular weight excluding hydrogens is 246 g/mol. The molecule has 1 atom stereocenters. The molecule has 104 valence electrons. The van der Waals surface area contributed by atoms with Crippen LogP contribution in [-0.4, -0.2) is 31.1 Å². The Labute approximate surface area is 112 Å². The highest BCUT2D eigenvalue weighted by atomic mass is 16.5. The third-order valence-corrected chi connectivity index (χ3v) is 2.38. The van der Waals surface area contributed by atoms with Crippen LogP contribution in [0.15, 0.2) is 24.3 Å². The summed E-state index contributed by atoms with van der Waals surface area (Å²) in [7, 11) is 0. The lowest BCUT2D eigenvalue weighted by Gasteiger charge is -2.14. The molecule has 1 aromatic carbocycles. The van der Waals surface area contributed by atoms with Gasteiger partial charge in [0.15, 0.2) is 6.10 Å². The van der Waals surface area contributed by atoms with Crippen LogP contribution in [0.2, 0.25) is 0 Å². The summed E-state index contributed by atoms with van der Waals surface area (Å²) in [5.74, 6) is -0.188. The summed E-state index contributed by atoms with van der Waals surface area (Å²) >= 11 is 0. The molecule has 0 radical (unpaired) electrons. The molecule has 1 N–H and O–H groups in total. The molecule has 0 fully saturated rings. The lowest BCUT2D eigenvalue weighted by Crippen LogP contribution is -2.39. The molecular formula is C14H19NO4. The second-order valence-corrected chi connectivity index (χ2v) is 4.10. The van der Waals surface area contributed by atoms with Crippen molar-refractivity contribution in [1.29, 1.82) is 0 Å². The average molecular weight is 265 g/mol. The molecule has 1 unspecified atom stereocenters. The van der Waals surface area contributed by atoms with E-state index in [4.69, 9.17) is 9.47 Å². The maximum absolute atomic E-state index is 11.7. The molecule has 0 saturated heterocycles. The first-order valence-corrected chi connectivity index (χ1v) is 6.19. The number of hydrogen-bond donors (Lipinski definition) is 1. The van der Waals surface area contributed by atoms with Crippen LogP contribution in [-0.2, 0) is 14.3 Å². The van der Waals surface area contributed by atoms with Gasteiger partial charge in [-0.2, -0.15) is 0 Å². The van der Waals surface area contributed by atoms with E-state index in [9.17, 15) is 9.59 Å². The van der Waals surface area contributed by atoms with Gasteiger partial charge in [0.2, 0.25) is 0 Å². The first kappa shape index (κ1) is 15.0. The molecule has 5 nitrogen and oxygen atoms in total. The highest BCUT2D eigenvalue weighted by Gasteiger charge is 2.15. The number of benzene rings is 1. The number of esters is 1. The number of nitrogens with one attached hydrogen (secondary N) is 1. The van der Waals surface area contributed by atoms with Crippen LogP contribution in [0, 0.1) is 6.92 Å². The van der Waals surface area contributed by atoms with Crippen LogP contribution >= 0.6 is 0 Å². The fraction of sp³-hybridized carbons (Fsp3) is 0.429. The number of carbonyl (C=O) groups is 2. The van der Waals surface area contributed by atoms with Crippen molar-refractivity contribution in [2.75, 3.05) is 13.2 Å². The molecule has 5 heteroatoms. The van der Waals surface area contributed by atoms with E-state index in [1.165, 1.54) is 0 Å². The van der Waals surface area contributed by atoms with Gasteiger partial charge in [0, 0.05) is 0 Å². The molecule has 0 aliphatic carbocycles. The monoisotopic (exact) mass is 265 g/mol. The summed E-state index contributed by atoms with van der Waals surface area (Å²) in [6.45, 7) is 5.43. The van der Waals surface area contributed by atoms with Crippen LogP contribution in [0.4, 0.5) is 0 Å². The van der Waals surface area contributed by atoms with Gasteiger partial charge in [0.05, 0.1) is 6.61 Å². The van der Waals surface area contributed by atoms with Gasteiger partial charge < -0.3 is 14.8 Å². The predicted molar refractivity (Wildman–Crippen MR) is 70.9 cm³/mol. The smallest absolute Gasteiger partial charge is 0.325 e. The molecule has 1 rings (SSSR count). The van der Waals surface area contributed by atoms with Crippen LogP contribution < -0.4 is 10.1 Å². The number of carbonyl (C=O) groups excluding carboxylic acids is 2. The number of rotatable bonds is 6. The van der Waals surface area contributed by atoms with E-state index in [-0.39, 0.29) is 12.5 Å². The van der Waals surface area contributed by atoms with Crippen molar-refractivity contribution in [2.24, 2.45) is 0 Å². The Morgan fingerprint density at radius 2 is 2.11 bits per heavy atom. The van der Waals surface area contributed by atoms with Crippen molar-refractivity contribution in [3.63, 3.8) is 0 Å². The summed E-state index contributed by atoms with van der Waals surface area (Å²) in [5.41, 5.74) is 1.05. The fourth-order valence-corrected chi connectivity index (χ4v) is 1.46. The van der Waals surface area contributed by atoms with Crippen molar-refractivity contribution in [1.82, 2.24) is 5.32 Å². The molecule has 0 spiro atoms. The van der Waals surface area contributed by atoms with Gasteiger partial charge in [-0.25, -0.2) is 0 Å². The summed E-state index contributed by atoms with van der Waals surface area (Å²) in [4.78, 5) is 22.8. The topological polar surface area (TPSA) is 64.6 Å². The van der Waals surface area contributed by atoms with Crippen molar-refractivity contribution in [3.05, 3.63) is 29.8 Å². The average Bonchev–Trinajstić information content (AvgIpc) is 2.36. The predicted octanol–water partition coefficient (Wildman–Crippen LogP) is 1.44. The van der Waals surface area contributed by atoms with Crippen LogP contribution in [0.1, 0.15) is 19.4 Å². The standard InChI is InChI=1S/C14H19NO4/c1-4-18-13(16)9-15-14(17)11(3)19-12-7-5-6-10(2)8-12/h5-8,11H,4,9H2,1-3H3,(H,15,17). The number of hydrogen-bond acceptors (Lipinski definition) is 4. The Kier molecular flexibility index (Phi) is 5.85. The van der Waals surface area contributed by atoms with Crippen molar-refractivity contribution in [2.45, 2.75) is 26.9 Å². The van der Waals surface area contributed by atoms with Crippen molar-refractivity contribution >= 4 is 11.9 Å². The van der Waals surface area contributed by atoms with Crippen LogP contribution in [0.3, 0.4) is 0 Å². The summed E-state index contributed by atoms with van der Waals surface area (Å²) in [5, 5.41) is 2.46. The van der Waals surface area contributed by atoms with Crippen molar-refractivity contribution < 1.29 is 19.1 Å². The maximum atomic E-state index is 11.7. The highest BCUT2D eigenvalue weighted by Crippen LogP contribution is 2.14. The number of ether oxygens (including phenoxy) is 2. The van der Waals surface area contributed by atoms with Gasteiger partial charge in [-0.1, -0.05) is 12.1 Å². The zero-order valence-corrected chi connectivity index (χ0v) is 11.4. The lowest BCUT2D eigenvalue weighted by molar-refractivity contribution is -0.144. The Morgan fingerprint density at radius 1 is 1.37 bits per heavy atom. The van der Waals surface area contributed by atoms with E-state index in [2.05, 4.69) is 5.32 Å². The van der Waals surface area contributed by atoms with Crippen molar-refractivity contribution in [3.8, 4) is 5.75 Å². The minimum atomic E-state index is -0.670. The third kappa shape index (κ3) is 5.42. The van der Waals surface area contributed by atoms with E-state index in [1.54, 1.807) is 19.9 Å². The van der Waals surface area contributed by atoms with Gasteiger partial charge in [-0.3, -0.25) is 9.59 Å². The summed E-state index contributed by atoms with van der Waals surface area (Å²) in [6.07, 6.45) is -0.670. The largest absolute Gasteiger partial charge is 0.481 e. The van der Waals surface area contributed by atoms with Crippen LogP contribution in [0.25, 0.3) is 0 Å². The quantitative estimate of drug-likeness (QED) is 0.790. The Morgan fingerprint density at radius 3 is 2.74 bits per heavy atom. The Hall–Kier alpha value is -2.04. The molecule has 0 bridgehead atoms. The van der Waals surface area contributed by atoms with Gasteiger partial charge >= 0.3 is 5.97 Å². The zero-order chi connectivity index (χ0) is 14.3. The molecule has 1 aromatic rings. The SMILES string of the molecule is CCOC(=O)CNC(=O)C(C)Oc1cccc(C)c1. The molecule has 1 amide bonds. The van der Waals surface area contributed by atoms with Gasteiger partial charge in [-0.15, -0.1) is 0 Å². The van der Waals surface area contributed by atoms with Gasteiger partial charge in [0.25, 0.3) is 5.91 Å². The van der Waals surface area contributed by atoms with Crippen LogP contribution in [0.5, 0.6) is 5.75 Å². The van der Waals surface area contributed by atoms with Gasteiger partial charge in [0.1, 0.15) is 12.3 Å². The zero-order valence-electron chi connectivity index (χ0n) is 11.4. The van der Waals surface area contributed by atoms with E-state index < -0.39 is 12.1 Å². The van der Waals surface area contributed by atoms with Gasteiger partial charge in [-0.05, 0) is 38.5 Å². The number of amides is 1. The fourth-order valence-electron chi connectivity index (χ4n) is 1.46. The normalized spacial score (nSPS) is 11.5. The Bertz CT molecular complexity index is 445. The summed E-state index contributed by atoms with van der Waals surface area (Å²) in [6, 6.07) is 7.42. The van der Waals surface area contributed by atoms with E-state index in [0.717, 1.165) is 5.56 Å². The number of aryl methyl sites for hydroxylation is 1. The van der Waals surface area contributed by atoms with E-state index >= 15 is 0 Å². The minimum Gasteiger partial charge on any atom is -0.481 e. The van der Waals surface area contributed by atoms with E-state index in [0.29, 0.717) is 12.4 Å². The molecule has 0 heterocycles. The Balaban J connectivity index is 2.42. The summed E-state index contributed by atoms with van der Waals surface area (Å²) < 4.78 is 10.2. The second kappa shape index (κ2) is 7.41. The molecule has 19 heavy (non-hydrogen) atoms. The third-order valence-electron chi connectivity index (χ3n) is 2.38. The first-order valence-electron chi connectivity index (χ1n) is 6.19. The molecule has 0 saturated carbocycles. The lowest BCUT2D eigenvalue weighted by atomic mass is 10.2. The molecule has 0 aliphatic rings. The second-order valence-electron chi connectivity index (χ2n) is 4.10. The van der Waals surface area contributed by atoms with E-state index in [1.807, 2.05) is 25.1 Å². The molecule has 0 aliphatic heterocycles. The highest BCUT2D eigenvalue weighted by molar-refractivity contribution is 5.84. The first-order chi connectivity index (χ1) is 9.02. The minimum absolute atomic E-state index is 0.145. The maximum Gasteiger partial charge on any atom is 0.325 e.